The van der Waals surface area contributed by atoms with Crippen LogP contribution < -0.4 is 11.1 Å². The van der Waals surface area contributed by atoms with E-state index in [0.29, 0.717) is 5.69 Å². The average molecular weight is 282 g/mol. The summed E-state index contributed by atoms with van der Waals surface area (Å²) in [6.45, 7) is 0. The molecule has 2 aromatic rings. The molecule has 0 aliphatic heterocycles. The number of nitrogen functional groups attached to an aromatic ring is 1. The summed E-state index contributed by atoms with van der Waals surface area (Å²) in [5.41, 5.74) is 5.72. The first-order valence-corrected chi connectivity index (χ1v) is 5.43. The van der Waals surface area contributed by atoms with Gasteiger partial charge in [-0.2, -0.15) is 0 Å². The van der Waals surface area contributed by atoms with Gasteiger partial charge in [-0.1, -0.05) is 0 Å². The van der Waals surface area contributed by atoms with Crippen LogP contribution in [0.15, 0.2) is 30.3 Å². The van der Waals surface area contributed by atoms with Crippen molar-refractivity contribution in [1.82, 2.24) is 0 Å². The number of carbonyl (C=O) groups is 1. The van der Waals surface area contributed by atoms with E-state index in [1.165, 1.54) is 18.2 Å². The molecule has 0 amide bonds. The second kappa shape index (κ2) is 5.12. The maximum absolute atomic E-state index is 13.0. The molecule has 0 saturated carbocycles. The van der Waals surface area contributed by atoms with Gasteiger partial charge in [0.1, 0.15) is 0 Å². The van der Waals surface area contributed by atoms with Gasteiger partial charge in [0.2, 0.25) is 0 Å². The molecule has 0 atom stereocenters. The molecule has 2 rings (SSSR count). The average Bonchev–Trinajstić information content (AvgIpc) is 2.35. The fourth-order valence-corrected chi connectivity index (χ4v) is 1.63. The van der Waals surface area contributed by atoms with Crippen LogP contribution >= 0.6 is 0 Å². The number of nitrogens with two attached hydrogens (primary N) is 1. The maximum atomic E-state index is 13.0. The van der Waals surface area contributed by atoms with Crippen molar-refractivity contribution in [3.8, 4) is 0 Å². The quantitative estimate of drug-likeness (QED) is 0.597. The molecule has 0 aliphatic carbocycles. The summed E-state index contributed by atoms with van der Waals surface area (Å²) in [6.07, 6.45) is 0. The minimum absolute atomic E-state index is 0.00874. The van der Waals surface area contributed by atoms with E-state index in [-0.39, 0.29) is 16.9 Å². The van der Waals surface area contributed by atoms with Crippen molar-refractivity contribution < 1.29 is 23.1 Å². The number of nitrogens with one attached hydrogen (secondary N) is 1. The smallest absolute Gasteiger partial charge is 0.337 e. The maximum Gasteiger partial charge on any atom is 0.337 e. The number of rotatable bonds is 3. The molecule has 4 N–H and O–H groups in total. The van der Waals surface area contributed by atoms with Crippen molar-refractivity contribution in [2.75, 3.05) is 11.1 Å². The normalized spacial score (nSPS) is 10.3. The lowest BCUT2D eigenvalue weighted by atomic mass is 10.1. The van der Waals surface area contributed by atoms with Gasteiger partial charge in [0.25, 0.3) is 0 Å². The van der Waals surface area contributed by atoms with E-state index in [9.17, 15) is 18.0 Å². The second-order valence-electron chi connectivity index (χ2n) is 3.99. The minimum Gasteiger partial charge on any atom is -0.478 e. The Kier molecular flexibility index (Phi) is 3.51. The second-order valence-corrected chi connectivity index (χ2v) is 3.99. The molecule has 0 heterocycles. The molecule has 0 aromatic heterocycles. The molecule has 7 heteroatoms. The van der Waals surface area contributed by atoms with E-state index in [0.717, 1.165) is 12.1 Å². The molecule has 0 radical (unpaired) electrons. The summed E-state index contributed by atoms with van der Waals surface area (Å²) in [7, 11) is 0. The molecule has 0 saturated heterocycles. The molecule has 0 fully saturated rings. The third-order valence-corrected chi connectivity index (χ3v) is 2.55. The number of hydrogen-bond donors (Lipinski definition) is 3. The first kappa shape index (κ1) is 13.7. The summed E-state index contributed by atoms with van der Waals surface area (Å²) < 4.78 is 38.9. The lowest BCUT2D eigenvalue weighted by Crippen LogP contribution is -2.03. The van der Waals surface area contributed by atoms with Crippen LogP contribution in [0.5, 0.6) is 0 Å². The number of halogens is 3. The molecule has 0 bridgehead atoms. The monoisotopic (exact) mass is 282 g/mol. The standard InChI is InChI=1S/C13H9F3N2O2/c14-9-3-7(4-10(15)12(9)16)18-6-1-2-8(13(19)20)11(17)5-6/h1-5,18H,17H2,(H,19,20). The van der Waals surface area contributed by atoms with Crippen LogP contribution in [-0.2, 0) is 0 Å². The first-order chi connectivity index (χ1) is 9.38. The zero-order valence-electron chi connectivity index (χ0n) is 9.95. The Hall–Kier alpha value is -2.70. The number of aromatic carboxylic acids is 1. The SMILES string of the molecule is Nc1cc(Nc2cc(F)c(F)c(F)c2)ccc1C(=O)O. The highest BCUT2D eigenvalue weighted by molar-refractivity contribution is 5.94. The van der Waals surface area contributed by atoms with E-state index < -0.39 is 23.4 Å². The minimum atomic E-state index is -1.56. The highest BCUT2D eigenvalue weighted by atomic mass is 19.2. The predicted molar refractivity (Wildman–Crippen MR) is 67.4 cm³/mol. The van der Waals surface area contributed by atoms with Crippen LogP contribution in [0.25, 0.3) is 0 Å². The summed E-state index contributed by atoms with van der Waals surface area (Å²) in [4.78, 5) is 10.8. The molecule has 104 valence electrons. The third kappa shape index (κ3) is 2.66. The van der Waals surface area contributed by atoms with Crippen molar-refractivity contribution in [3.63, 3.8) is 0 Å². The number of carboxylic acids is 1. The Labute approximate surface area is 111 Å². The van der Waals surface area contributed by atoms with Gasteiger partial charge in [-0.3, -0.25) is 0 Å². The summed E-state index contributed by atoms with van der Waals surface area (Å²) in [5, 5.41) is 11.4. The molecular formula is C13H9F3N2O2. The fraction of sp³-hybridized carbons (Fsp3) is 0. The van der Waals surface area contributed by atoms with E-state index in [1.54, 1.807) is 0 Å². The number of benzene rings is 2. The van der Waals surface area contributed by atoms with E-state index in [4.69, 9.17) is 10.8 Å². The van der Waals surface area contributed by atoms with Crippen LogP contribution in [0.3, 0.4) is 0 Å². The van der Waals surface area contributed by atoms with Crippen molar-refractivity contribution in [2.24, 2.45) is 0 Å². The van der Waals surface area contributed by atoms with Crippen LogP contribution in [0.4, 0.5) is 30.2 Å². The zero-order valence-corrected chi connectivity index (χ0v) is 9.95. The topological polar surface area (TPSA) is 75.3 Å². The van der Waals surface area contributed by atoms with Crippen molar-refractivity contribution in [1.29, 1.82) is 0 Å². The highest BCUT2D eigenvalue weighted by Gasteiger charge is 2.12. The molecule has 0 unspecified atom stereocenters. The fourth-order valence-electron chi connectivity index (χ4n) is 1.63. The molecule has 20 heavy (non-hydrogen) atoms. The zero-order chi connectivity index (χ0) is 14.9. The lowest BCUT2D eigenvalue weighted by Gasteiger charge is -2.09. The Bertz CT molecular complexity index is 666. The van der Waals surface area contributed by atoms with Gasteiger partial charge in [-0.05, 0) is 18.2 Å². The number of anilines is 3. The summed E-state index contributed by atoms with van der Waals surface area (Å²) >= 11 is 0. The first-order valence-electron chi connectivity index (χ1n) is 5.43. The van der Waals surface area contributed by atoms with Crippen LogP contribution in [0, 0.1) is 17.5 Å². The van der Waals surface area contributed by atoms with E-state index in [2.05, 4.69) is 5.32 Å². The van der Waals surface area contributed by atoms with Crippen molar-refractivity contribution >= 4 is 23.0 Å². The summed E-state index contributed by atoms with van der Waals surface area (Å²) in [5.74, 6) is -5.41. The largest absolute Gasteiger partial charge is 0.478 e. The Balaban J connectivity index is 2.31. The molecule has 0 aliphatic rings. The molecule has 0 spiro atoms. The van der Waals surface area contributed by atoms with E-state index >= 15 is 0 Å². The van der Waals surface area contributed by atoms with Crippen molar-refractivity contribution in [2.45, 2.75) is 0 Å². The van der Waals surface area contributed by atoms with Crippen LogP contribution in [-0.4, -0.2) is 11.1 Å². The predicted octanol–water partition coefficient (Wildman–Crippen LogP) is 3.13. The van der Waals surface area contributed by atoms with Gasteiger partial charge in [0.15, 0.2) is 17.5 Å². The number of hydrogen-bond acceptors (Lipinski definition) is 3. The van der Waals surface area contributed by atoms with E-state index in [1.807, 2.05) is 0 Å². The Morgan fingerprint density at radius 3 is 2.15 bits per heavy atom. The van der Waals surface area contributed by atoms with Gasteiger partial charge < -0.3 is 16.2 Å². The molecular weight excluding hydrogens is 273 g/mol. The number of carboxylic acid groups (broad SMARTS) is 1. The molecule has 2 aromatic carbocycles. The lowest BCUT2D eigenvalue weighted by molar-refractivity contribution is 0.0698. The Morgan fingerprint density at radius 1 is 1.05 bits per heavy atom. The van der Waals surface area contributed by atoms with Gasteiger partial charge in [-0.15, -0.1) is 0 Å². The van der Waals surface area contributed by atoms with Gasteiger partial charge in [0.05, 0.1) is 5.56 Å². The van der Waals surface area contributed by atoms with Gasteiger partial charge in [-0.25, -0.2) is 18.0 Å². The Morgan fingerprint density at radius 2 is 1.65 bits per heavy atom. The van der Waals surface area contributed by atoms with Crippen LogP contribution in [0.2, 0.25) is 0 Å². The van der Waals surface area contributed by atoms with Gasteiger partial charge in [0, 0.05) is 29.2 Å². The highest BCUT2D eigenvalue weighted by Crippen LogP contribution is 2.24. The summed E-state index contributed by atoms with van der Waals surface area (Å²) in [6, 6.07) is 5.47. The van der Waals surface area contributed by atoms with Gasteiger partial charge >= 0.3 is 5.97 Å². The van der Waals surface area contributed by atoms with Crippen LogP contribution in [0.1, 0.15) is 10.4 Å². The third-order valence-electron chi connectivity index (χ3n) is 2.55. The van der Waals surface area contributed by atoms with Crippen molar-refractivity contribution in [3.05, 3.63) is 53.3 Å². The molecule has 4 nitrogen and oxygen atoms in total.